The lowest BCUT2D eigenvalue weighted by atomic mass is 9.81. The SMILES string of the molecule is CCc1ccccc1CN(C(=O)Nc1c(C(C)C)cccc1C(C)C)[C@H]1CC[C@H](c2ccccc2)CC1. The van der Waals surface area contributed by atoms with E-state index in [1.165, 1.54) is 27.8 Å². The van der Waals surface area contributed by atoms with Gasteiger partial charge in [-0.25, -0.2) is 4.79 Å². The van der Waals surface area contributed by atoms with E-state index in [-0.39, 0.29) is 12.1 Å². The van der Waals surface area contributed by atoms with Crippen LogP contribution in [0.3, 0.4) is 0 Å². The summed E-state index contributed by atoms with van der Waals surface area (Å²) >= 11 is 0. The Hall–Kier alpha value is -3.07. The van der Waals surface area contributed by atoms with Crippen LogP contribution in [-0.2, 0) is 13.0 Å². The minimum Gasteiger partial charge on any atom is -0.317 e. The van der Waals surface area contributed by atoms with E-state index in [2.05, 4.69) is 118 Å². The Labute approximate surface area is 224 Å². The van der Waals surface area contributed by atoms with E-state index >= 15 is 0 Å². The van der Waals surface area contributed by atoms with Crippen molar-refractivity contribution in [3.8, 4) is 0 Å². The average Bonchev–Trinajstić information content (AvgIpc) is 2.92. The smallest absolute Gasteiger partial charge is 0.317 e. The molecule has 1 fully saturated rings. The summed E-state index contributed by atoms with van der Waals surface area (Å²) in [4.78, 5) is 16.3. The maximum absolute atomic E-state index is 14.1. The monoisotopic (exact) mass is 496 g/mol. The first-order valence-electron chi connectivity index (χ1n) is 14.2. The number of aryl methyl sites for hydroxylation is 1. The lowest BCUT2D eigenvalue weighted by molar-refractivity contribution is 0.158. The second kappa shape index (κ2) is 12.4. The molecule has 1 N–H and O–H groups in total. The Morgan fingerprint density at radius 3 is 1.92 bits per heavy atom. The third-order valence-corrected chi connectivity index (χ3v) is 8.11. The second-order valence-electron chi connectivity index (χ2n) is 11.2. The number of nitrogens with one attached hydrogen (secondary N) is 1. The number of para-hydroxylation sites is 1. The van der Waals surface area contributed by atoms with Crippen molar-refractivity contribution in [3.63, 3.8) is 0 Å². The molecule has 1 aliphatic rings. The topological polar surface area (TPSA) is 32.3 Å². The molecule has 1 aliphatic carbocycles. The normalized spacial score (nSPS) is 17.7. The number of carbonyl (C=O) groups excluding carboxylic acids is 1. The fraction of sp³-hybridized carbons (Fsp3) is 0.441. The van der Waals surface area contributed by atoms with Crippen molar-refractivity contribution >= 4 is 11.7 Å². The van der Waals surface area contributed by atoms with Crippen molar-refractivity contribution in [2.24, 2.45) is 0 Å². The molecule has 3 nitrogen and oxygen atoms in total. The first-order valence-corrected chi connectivity index (χ1v) is 14.2. The molecule has 0 bridgehead atoms. The van der Waals surface area contributed by atoms with Gasteiger partial charge in [-0.1, -0.05) is 107 Å². The summed E-state index contributed by atoms with van der Waals surface area (Å²) in [6, 6.07) is 26.2. The molecule has 37 heavy (non-hydrogen) atoms. The van der Waals surface area contributed by atoms with Gasteiger partial charge in [-0.05, 0) is 77.7 Å². The lowest BCUT2D eigenvalue weighted by Crippen LogP contribution is -2.44. The molecule has 0 aromatic heterocycles. The fourth-order valence-electron chi connectivity index (χ4n) is 5.93. The minimum atomic E-state index is 0.0315. The fourth-order valence-corrected chi connectivity index (χ4v) is 5.93. The zero-order valence-electron chi connectivity index (χ0n) is 23.3. The molecule has 0 heterocycles. The van der Waals surface area contributed by atoms with E-state index in [0.29, 0.717) is 24.3 Å². The Morgan fingerprint density at radius 2 is 1.35 bits per heavy atom. The van der Waals surface area contributed by atoms with E-state index in [1.807, 2.05) is 0 Å². The van der Waals surface area contributed by atoms with E-state index < -0.39 is 0 Å². The number of benzene rings is 3. The van der Waals surface area contributed by atoms with E-state index in [1.54, 1.807) is 0 Å². The first-order chi connectivity index (χ1) is 17.9. The predicted molar refractivity (Wildman–Crippen MR) is 156 cm³/mol. The van der Waals surface area contributed by atoms with Crippen molar-refractivity contribution in [3.05, 3.63) is 101 Å². The molecular formula is C34H44N2O. The van der Waals surface area contributed by atoms with Gasteiger partial charge in [-0.2, -0.15) is 0 Å². The number of anilines is 1. The lowest BCUT2D eigenvalue weighted by Gasteiger charge is -2.38. The first kappa shape index (κ1) is 27.0. The van der Waals surface area contributed by atoms with Crippen molar-refractivity contribution in [1.82, 2.24) is 4.90 Å². The molecule has 0 aliphatic heterocycles. The zero-order chi connectivity index (χ0) is 26.4. The van der Waals surface area contributed by atoms with Crippen molar-refractivity contribution in [2.75, 3.05) is 5.32 Å². The van der Waals surface area contributed by atoms with Gasteiger partial charge in [0.15, 0.2) is 0 Å². The quantitative estimate of drug-likeness (QED) is 0.331. The van der Waals surface area contributed by atoms with E-state index in [4.69, 9.17) is 0 Å². The van der Waals surface area contributed by atoms with Gasteiger partial charge in [0, 0.05) is 18.3 Å². The number of nitrogens with zero attached hydrogens (tertiary/aromatic N) is 1. The Bertz CT molecular complexity index is 1130. The molecule has 196 valence electrons. The van der Waals surface area contributed by atoms with Gasteiger partial charge in [-0.15, -0.1) is 0 Å². The number of hydrogen-bond donors (Lipinski definition) is 1. The summed E-state index contributed by atoms with van der Waals surface area (Å²) < 4.78 is 0. The van der Waals surface area contributed by atoms with Crippen molar-refractivity contribution < 1.29 is 4.79 Å². The standard InChI is InChI=1S/C34H44N2O/c1-6-26-13-10-11-16-29(26)23-36(30-21-19-28(20-22-30)27-14-8-7-9-15-27)34(37)35-33-31(24(2)3)17-12-18-32(33)25(4)5/h7-18,24-25,28,30H,6,19-23H2,1-5H3,(H,35,37)/t28-,30-. The highest BCUT2D eigenvalue weighted by Crippen LogP contribution is 2.37. The molecule has 0 saturated heterocycles. The largest absolute Gasteiger partial charge is 0.322 e. The summed E-state index contributed by atoms with van der Waals surface area (Å²) in [6.07, 6.45) is 5.27. The van der Waals surface area contributed by atoms with Crippen LogP contribution >= 0.6 is 0 Å². The third-order valence-electron chi connectivity index (χ3n) is 8.11. The van der Waals surface area contributed by atoms with Gasteiger partial charge in [0.1, 0.15) is 0 Å². The van der Waals surface area contributed by atoms with E-state index in [9.17, 15) is 4.79 Å². The van der Waals surface area contributed by atoms with Gasteiger partial charge in [0.05, 0.1) is 0 Å². The molecule has 3 aromatic carbocycles. The molecule has 0 radical (unpaired) electrons. The highest BCUT2D eigenvalue weighted by Gasteiger charge is 2.31. The van der Waals surface area contributed by atoms with Crippen LogP contribution in [0.15, 0.2) is 72.8 Å². The van der Waals surface area contributed by atoms with Crippen LogP contribution in [0.5, 0.6) is 0 Å². The molecule has 3 heteroatoms. The molecule has 1 saturated carbocycles. The molecule has 0 spiro atoms. The van der Waals surface area contributed by atoms with Crippen molar-refractivity contribution in [1.29, 1.82) is 0 Å². The van der Waals surface area contributed by atoms with Crippen LogP contribution in [0.1, 0.15) is 106 Å². The van der Waals surface area contributed by atoms with Crippen LogP contribution in [0.25, 0.3) is 0 Å². The molecule has 3 aromatic rings. The number of amides is 2. The van der Waals surface area contributed by atoms with Gasteiger partial charge in [-0.3, -0.25) is 0 Å². The Morgan fingerprint density at radius 1 is 0.784 bits per heavy atom. The van der Waals surface area contributed by atoms with Crippen LogP contribution in [0.2, 0.25) is 0 Å². The summed E-state index contributed by atoms with van der Waals surface area (Å²) in [5.74, 6) is 1.26. The van der Waals surface area contributed by atoms with Gasteiger partial charge in [0.2, 0.25) is 0 Å². The molecule has 0 atom stereocenters. The van der Waals surface area contributed by atoms with Crippen LogP contribution in [-0.4, -0.2) is 17.0 Å². The summed E-state index contributed by atoms with van der Waals surface area (Å²) in [6.45, 7) is 11.7. The minimum absolute atomic E-state index is 0.0315. The maximum Gasteiger partial charge on any atom is 0.322 e. The maximum atomic E-state index is 14.1. The number of rotatable bonds is 8. The third kappa shape index (κ3) is 6.44. The van der Waals surface area contributed by atoms with Crippen molar-refractivity contribution in [2.45, 2.75) is 97.1 Å². The number of carbonyl (C=O) groups is 1. The summed E-state index contributed by atoms with van der Waals surface area (Å²) in [7, 11) is 0. The second-order valence-corrected chi connectivity index (χ2v) is 11.2. The molecule has 2 amide bonds. The highest BCUT2D eigenvalue weighted by molar-refractivity contribution is 5.91. The number of hydrogen-bond acceptors (Lipinski definition) is 1. The average molecular weight is 497 g/mol. The zero-order valence-corrected chi connectivity index (χ0v) is 23.3. The van der Waals surface area contributed by atoms with Gasteiger partial charge < -0.3 is 10.2 Å². The summed E-state index contributed by atoms with van der Waals surface area (Å²) in [5, 5.41) is 3.43. The predicted octanol–water partition coefficient (Wildman–Crippen LogP) is 9.26. The van der Waals surface area contributed by atoms with Crippen LogP contribution < -0.4 is 5.32 Å². The molecular weight excluding hydrogens is 452 g/mol. The summed E-state index contributed by atoms with van der Waals surface area (Å²) in [5.41, 5.74) is 7.43. The van der Waals surface area contributed by atoms with E-state index in [0.717, 1.165) is 37.8 Å². The Kier molecular flexibility index (Phi) is 9.08. The number of urea groups is 1. The van der Waals surface area contributed by atoms with Gasteiger partial charge in [0.25, 0.3) is 0 Å². The van der Waals surface area contributed by atoms with Crippen LogP contribution in [0.4, 0.5) is 10.5 Å². The molecule has 0 unspecified atom stereocenters. The Balaban J connectivity index is 1.62. The van der Waals surface area contributed by atoms with Gasteiger partial charge >= 0.3 is 6.03 Å². The molecule has 4 rings (SSSR count). The van der Waals surface area contributed by atoms with Crippen LogP contribution in [0, 0.1) is 0 Å². The highest BCUT2D eigenvalue weighted by atomic mass is 16.2.